The van der Waals surface area contributed by atoms with Crippen LogP contribution in [0.3, 0.4) is 0 Å². The fourth-order valence-corrected chi connectivity index (χ4v) is 1.68. The molecule has 0 saturated heterocycles. The molecule has 2 rings (SSSR count). The number of rotatable bonds is 1. The first kappa shape index (κ1) is 13.4. The summed E-state index contributed by atoms with van der Waals surface area (Å²) in [5.41, 5.74) is 0.371. The molecule has 0 radical (unpaired) electrons. The summed E-state index contributed by atoms with van der Waals surface area (Å²) in [6, 6.07) is 3.62. The maximum absolute atomic E-state index is 11.3. The summed E-state index contributed by atoms with van der Waals surface area (Å²) >= 11 is 0. The number of fused-ring (bicyclic) bond motifs is 1. The molecule has 0 spiro atoms. The third-order valence-corrected chi connectivity index (χ3v) is 2.50. The van der Waals surface area contributed by atoms with Crippen LogP contribution in [0.15, 0.2) is 12.1 Å². The Kier molecular flexibility index (Phi) is 4.88. The molecule has 0 amide bonds. The van der Waals surface area contributed by atoms with Gasteiger partial charge in [0.05, 0.1) is 12.5 Å². The zero-order chi connectivity index (χ0) is 12.8. The Morgan fingerprint density at radius 3 is 2.76 bits per heavy atom. The zero-order valence-electron chi connectivity index (χ0n) is 10.9. The normalized spacial score (nSPS) is 16.6. The molecule has 0 aliphatic heterocycles. The molecule has 0 aromatic carbocycles. The highest BCUT2D eigenvalue weighted by molar-refractivity contribution is 5.87. The summed E-state index contributed by atoms with van der Waals surface area (Å²) in [6.07, 6.45) is 5.21. The highest BCUT2D eigenvalue weighted by Gasteiger charge is 2.08. The number of esters is 1. The van der Waals surface area contributed by atoms with Gasteiger partial charge >= 0.3 is 5.97 Å². The SMILES string of the molecule is CC.COC(=O)c1ccc2c(n1)=CCC(C)C=2. The fraction of sp³-hybridized carbons (Fsp3) is 0.429. The van der Waals surface area contributed by atoms with Gasteiger partial charge in [-0.25, -0.2) is 9.78 Å². The van der Waals surface area contributed by atoms with Gasteiger partial charge in [-0.2, -0.15) is 0 Å². The zero-order valence-corrected chi connectivity index (χ0v) is 10.9. The van der Waals surface area contributed by atoms with E-state index in [0.29, 0.717) is 11.6 Å². The average molecular weight is 233 g/mol. The van der Waals surface area contributed by atoms with Crippen LogP contribution in [-0.4, -0.2) is 18.1 Å². The first-order valence-electron chi connectivity index (χ1n) is 5.98. The predicted molar refractivity (Wildman–Crippen MR) is 68.9 cm³/mol. The Morgan fingerprint density at radius 1 is 1.41 bits per heavy atom. The smallest absolute Gasteiger partial charge is 0.356 e. The lowest BCUT2D eigenvalue weighted by atomic mass is 10.0. The summed E-state index contributed by atoms with van der Waals surface area (Å²) in [6.45, 7) is 6.16. The van der Waals surface area contributed by atoms with Gasteiger partial charge in [-0.05, 0) is 23.6 Å². The van der Waals surface area contributed by atoms with Crippen molar-refractivity contribution in [2.45, 2.75) is 27.2 Å². The van der Waals surface area contributed by atoms with Gasteiger partial charge < -0.3 is 4.74 Å². The quantitative estimate of drug-likeness (QED) is 0.690. The number of carbonyl (C=O) groups excluding carboxylic acids is 1. The number of nitrogens with zero attached hydrogens (tertiary/aromatic N) is 1. The van der Waals surface area contributed by atoms with Crippen LogP contribution in [0.25, 0.3) is 12.2 Å². The molecule has 1 aromatic rings. The van der Waals surface area contributed by atoms with Gasteiger partial charge in [0, 0.05) is 0 Å². The summed E-state index contributed by atoms with van der Waals surface area (Å²) in [5.74, 6) is 0.160. The molecule has 0 bridgehead atoms. The molecule has 17 heavy (non-hydrogen) atoms. The van der Waals surface area contributed by atoms with E-state index in [0.717, 1.165) is 17.0 Å². The summed E-state index contributed by atoms with van der Waals surface area (Å²) < 4.78 is 4.62. The Labute approximate surface area is 102 Å². The van der Waals surface area contributed by atoms with Crippen molar-refractivity contribution >= 4 is 18.1 Å². The molecule has 0 fully saturated rings. The molecule has 3 nitrogen and oxygen atoms in total. The molecule has 1 unspecified atom stereocenters. The van der Waals surface area contributed by atoms with Crippen molar-refractivity contribution in [1.29, 1.82) is 0 Å². The summed E-state index contributed by atoms with van der Waals surface area (Å²) in [4.78, 5) is 15.5. The molecule has 3 heteroatoms. The second-order valence-corrected chi connectivity index (χ2v) is 3.75. The minimum atomic E-state index is -0.384. The van der Waals surface area contributed by atoms with Crippen LogP contribution in [0.5, 0.6) is 0 Å². The molecule has 1 aliphatic rings. The van der Waals surface area contributed by atoms with Crippen molar-refractivity contribution in [2.75, 3.05) is 7.11 Å². The van der Waals surface area contributed by atoms with E-state index in [2.05, 4.69) is 28.8 Å². The molecular formula is C14H19NO2. The van der Waals surface area contributed by atoms with Gasteiger partial charge in [0.25, 0.3) is 0 Å². The monoisotopic (exact) mass is 233 g/mol. The second kappa shape index (κ2) is 6.18. The summed E-state index contributed by atoms with van der Waals surface area (Å²) in [5, 5.41) is 1.98. The average Bonchev–Trinajstić information content (AvgIpc) is 2.39. The molecular weight excluding hydrogens is 214 g/mol. The molecule has 0 saturated carbocycles. The first-order valence-corrected chi connectivity index (χ1v) is 5.98. The Morgan fingerprint density at radius 2 is 2.12 bits per heavy atom. The molecule has 92 valence electrons. The Hall–Kier alpha value is -1.64. The second-order valence-electron chi connectivity index (χ2n) is 3.75. The lowest BCUT2D eigenvalue weighted by Gasteiger charge is -2.07. The molecule has 0 N–H and O–H groups in total. The predicted octanol–water partition coefficient (Wildman–Crippen LogP) is 1.50. The van der Waals surface area contributed by atoms with Gasteiger partial charge in [0.2, 0.25) is 0 Å². The van der Waals surface area contributed by atoms with E-state index in [1.54, 1.807) is 6.07 Å². The standard InChI is InChI=1S/C12H13NO2.C2H6/c1-8-3-5-10-9(7-8)4-6-11(13-10)12(14)15-2;1-2/h4-8H,3H2,1-2H3;1-2H3. The van der Waals surface area contributed by atoms with Gasteiger partial charge in [-0.1, -0.05) is 39.0 Å². The molecule has 1 aliphatic carbocycles. The maximum Gasteiger partial charge on any atom is 0.356 e. The van der Waals surface area contributed by atoms with Crippen LogP contribution in [0.1, 0.15) is 37.7 Å². The van der Waals surface area contributed by atoms with Crippen molar-refractivity contribution in [1.82, 2.24) is 4.98 Å². The van der Waals surface area contributed by atoms with Gasteiger partial charge in [0.15, 0.2) is 0 Å². The Bertz CT molecular complexity index is 505. The van der Waals surface area contributed by atoms with E-state index in [1.807, 2.05) is 19.9 Å². The maximum atomic E-state index is 11.3. The largest absolute Gasteiger partial charge is 0.464 e. The van der Waals surface area contributed by atoms with E-state index in [9.17, 15) is 4.79 Å². The highest BCUT2D eigenvalue weighted by atomic mass is 16.5. The molecule has 1 aromatic heterocycles. The summed E-state index contributed by atoms with van der Waals surface area (Å²) in [7, 11) is 1.36. The lowest BCUT2D eigenvalue weighted by molar-refractivity contribution is 0.0593. The third-order valence-electron chi connectivity index (χ3n) is 2.50. The molecule has 1 atom stereocenters. The van der Waals surface area contributed by atoms with E-state index >= 15 is 0 Å². The van der Waals surface area contributed by atoms with Crippen LogP contribution in [0.2, 0.25) is 0 Å². The number of aromatic nitrogens is 1. The van der Waals surface area contributed by atoms with Crippen molar-refractivity contribution in [3.63, 3.8) is 0 Å². The van der Waals surface area contributed by atoms with Crippen LogP contribution >= 0.6 is 0 Å². The van der Waals surface area contributed by atoms with Crippen molar-refractivity contribution in [3.8, 4) is 0 Å². The lowest BCUT2D eigenvalue weighted by Crippen LogP contribution is -2.33. The van der Waals surface area contributed by atoms with E-state index in [-0.39, 0.29) is 5.97 Å². The van der Waals surface area contributed by atoms with E-state index < -0.39 is 0 Å². The number of pyridine rings is 1. The van der Waals surface area contributed by atoms with Crippen molar-refractivity contribution < 1.29 is 9.53 Å². The van der Waals surface area contributed by atoms with Crippen LogP contribution in [0, 0.1) is 5.92 Å². The van der Waals surface area contributed by atoms with E-state index in [1.165, 1.54) is 7.11 Å². The number of carbonyl (C=O) groups is 1. The van der Waals surface area contributed by atoms with Gasteiger partial charge in [0.1, 0.15) is 5.69 Å². The number of ether oxygens (including phenoxy) is 1. The number of hydrogen-bond acceptors (Lipinski definition) is 3. The first-order chi connectivity index (χ1) is 8.20. The fourth-order valence-electron chi connectivity index (χ4n) is 1.68. The third kappa shape index (κ3) is 3.16. The minimum Gasteiger partial charge on any atom is -0.464 e. The van der Waals surface area contributed by atoms with Gasteiger partial charge in [-0.15, -0.1) is 0 Å². The van der Waals surface area contributed by atoms with Crippen LogP contribution in [-0.2, 0) is 4.74 Å². The Balaban J connectivity index is 0.000000686. The minimum absolute atomic E-state index is 0.371. The molecule has 1 heterocycles. The van der Waals surface area contributed by atoms with Crippen molar-refractivity contribution in [3.05, 3.63) is 28.4 Å². The number of methoxy groups -OCH3 is 1. The number of hydrogen-bond donors (Lipinski definition) is 0. The van der Waals surface area contributed by atoms with E-state index in [4.69, 9.17) is 0 Å². The van der Waals surface area contributed by atoms with Gasteiger partial charge in [-0.3, -0.25) is 0 Å². The highest BCUT2D eigenvalue weighted by Crippen LogP contribution is 2.05. The van der Waals surface area contributed by atoms with Crippen molar-refractivity contribution in [2.24, 2.45) is 5.92 Å². The topological polar surface area (TPSA) is 39.2 Å². The van der Waals surface area contributed by atoms with Crippen LogP contribution in [0.4, 0.5) is 0 Å². The van der Waals surface area contributed by atoms with Crippen LogP contribution < -0.4 is 10.6 Å².